The van der Waals surface area contributed by atoms with Gasteiger partial charge in [-0.05, 0) is 24.6 Å². The number of pyridine rings is 1. The minimum absolute atomic E-state index is 0.256. The number of nitrogens with one attached hydrogen (secondary N) is 1. The van der Waals surface area contributed by atoms with Crippen LogP contribution < -0.4 is 9.88 Å². The number of methoxy groups -OCH3 is 1. The maximum atomic E-state index is 13.6. The zero-order valence-corrected chi connectivity index (χ0v) is 16.9. The van der Waals surface area contributed by atoms with Gasteiger partial charge >= 0.3 is 0 Å². The number of ether oxygens (including phenoxy) is 1. The Kier molecular flexibility index (Phi) is 4.37. The molecule has 0 fully saturated rings. The molecule has 2 aliphatic rings. The van der Waals surface area contributed by atoms with Crippen molar-refractivity contribution in [3.05, 3.63) is 94.2 Å². The highest BCUT2D eigenvalue weighted by Crippen LogP contribution is 2.44. The van der Waals surface area contributed by atoms with Gasteiger partial charge in [-0.3, -0.25) is 9.59 Å². The van der Waals surface area contributed by atoms with E-state index in [0.717, 1.165) is 28.2 Å². The fraction of sp³-hybridized carbons (Fsp3) is 0.208. The lowest BCUT2D eigenvalue weighted by Crippen LogP contribution is -2.51. The summed E-state index contributed by atoms with van der Waals surface area (Å²) in [5.41, 5.74) is 4.72. The molecule has 3 aromatic rings. The number of benzene rings is 2. The Morgan fingerprint density at radius 3 is 2.50 bits per heavy atom. The van der Waals surface area contributed by atoms with Gasteiger partial charge in [-0.1, -0.05) is 48.5 Å². The minimum atomic E-state index is -0.484. The number of anilines is 1. The Bertz CT molecular complexity index is 1160. The number of rotatable bonds is 4. The standard InChI is InChI=1S/C24H21N3O3/c1-15-12-17(14-30-2)20-21(25-15)26(13-16-8-4-3-5-9-16)22-18-10-6-7-11-19(18)23(28)27(22)24(20)29/h3-12,22H,13-14H2,1-2H3/p+1/t22-/m0/s1. The van der Waals surface area contributed by atoms with Crippen LogP contribution in [-0.2, 0) is 17.9 Å². The van der Waals surface area contributed by atoms with E-state index in [1.54, 1.807) is 13.2 Å². The highest BCUT2D eigenvalue weighted by atomic mass is 16.5. The molecule has 0 unspecified atom stereocenters. The Hall–Kier alpha value is -3.51. The van der Waals surface area contributed by atoms with Gasteiger partial charge in [0.15, 0.2) is 0 Å². The summed E-state index contributed by atoms with van der Waals surface area (Å²) in [6.07, 6.45) is -0.484. The monoisotopic (exact) mass is 400 g/mol. The fourth-order valence-electron chi connectivity index (χ4n) is 4.49. The van der Waals surface area contributed by atoms with Gasteiger partial charge in [0.05, 0.1) is 12.3 Å². The van der Waals surface area contributed by atoms with Gasteiger partial charge < -0.3 is 4.74 Å². The Morgan fingerprint density at radius 2 is 1.73 bits per heavy atom. The molecule has 1 N–H and O–H groups in total. The van der Waals surface area contributed by atoms with Crippen molar-refractivity contribution in [2.45, 2.75) is 26.2 Å². The van der Waals surface area contributed by atoms with E-state index in [-0.39, 0.29) is 11.8 Å². The first-order valence-corrected chi connectivity index (χ1v) is 9.92. The van der Waals surface area contributed by atoms with E-state index in [1.807, 2.05) is 49.4 Å². The molecule has 1 aromatic heterocycles. The predicted molar refractivity (Wildman–Crippen MR) is 111 cm³/mol. The minimum Gasteiger partial charge on any atom is -0.380 e. The van der Waals surface area contributed by atoms with E-state index in [4.69, 9.17) is 4.74 Å². The lowest BCUT2D eigenvalue weighted by molar-refractivity contribution is -0.375. The van der Waals surface area contributed by atoms with Gasteiger partial charge in [-0.15, -0.1) is 0 Å². The van der Waals surface area contributed by atoms with Crippen LogP contribution in [0.5, 0.6) is 0 Å². The van der Waals surface area contributed by atoms with Crippen LogP contribution in [0.1, 0.15) is 49.3 Å². The number of H-pyrrole nitrogens is 1. The zero-order chi connectivity index (χ0) is 20.8. The summed E-state index contributed by atoms with van der Waals surface area (Å²) in [5, 5.41) is 0. The highest BCUT2D eigenvalue weighted by molar-refractivity contribution is 6.16. The largest absolute Gasteiger partial charge is 0.380 e. The average Bonchev–Trinajstić information content (AvgIpc) is 3.05. The van der Waals surface area contributed by atoms with Gasteiger partial charge in [0.25, 0.3) is 17.6 Å². The Labute approximate surface area is 174 Å². The molecule has 0 radical (unpaired) electrons. The third-order valence-corrected chi connectivity index (χ3v) is 5.71. The predicted octanol–water partition coefficient (Wildman–Crippen LogP) is 3.27. The van der Waals surface area contributed by atoms with Crippen molar-refractivity contribution >= 4 is 17.6 Å². The summed E-state index contributed by atoms with van der Waals surface area (Å²) >= 11 is 0. The van der Waals surface area contributed by atoms with Crippen LogP contribution in [-0.4, -0.2) is 23.8 Å². The SMILES string of the molecule is COCc1cc(C)[nH+]c2c1C(=O)N1C(=O)c3ccccc3[C@H]1N2Cc1ccccc1. The third-order valence-electron chi connectivity index (χ3n) is 5.71. The van der Waals surface area contributed by atoms with E-state index >= 15 is 0 Å². The van der Waals surface area contributed by atoms with Gasteiger partial charge in [0, 0.05) is 23.8 Å². The van der Waals surface area contributed by atoms with Crippen LogP contribution in [0.2, 0.25) is 0 Å². The number of carbonyl (C=O) groups is 2. The molecule has 1 atom stereocenters. The summed E-state index contributed by atoms with van der Waals surface area (Å²) in [6, 6.07) is 19.4. The molecule has 6 heteroatoms. The van der Waals surface area contributed by atoms with Crippen LogP contribution >= 0.6 is 0 Å². The maximum absolute atomic E-state index is 13.6. The Balaban J connectivity index is 1.75. The van der Waals surface area contributed by atoms with Crippen molar-refractivity contribution in [2.75, 3.05) is 12.0 Å². The second kappa shape index (κ2) is 7.07. The molecule has 2 amide bonds. The number of aromatic nitrogens is 1. The molecule has 0 saturated carbocycles. The summed E-state index contributed by atoms with van der Waals surface area (Å²) in [5.74, 6) is 0.179. The number of amides is 2. The first-order chi connectivity index (χ1) is 14.6. The molecule has 150 valence electrons. The summed E-state index contributed by atoms with van der Waals surface area (Å²) in [6.45, 7) is 2.81. The fourth-order valence-corrected chi connectivity index (χ4v) is 4.49. The van der Waals surface area contributed by atoms with E-state index < -0.39 is 6.17 Å². The summed E-state index contributed by atoms with van der Waals surface area (Å²) in [7, 11) is 1.60. The van der Waals surface area contributed by atoms with Gasteiger partial charge in [-0.2, -0.15) is 0 Å². The second-order valence-electron chi connectivity index (χ2n) is 7.69. The van der Waals surface area contributed by atoms with Crippen LogP contribution in [0.3, 0.4) is 0 Å². The highest BCUT2D eigenvalue weighted by Gasteiger charge is 2.53. The van der Waals surface area contributed by atoms with E-state index in [2.05, 4.69) is 22.0 Å². The topological polar surface area (TPSA) is 64.0 Å². The van der Waals surface area contributed by atoms with Crippen LogP contribution in [0.25, 0.3) is 0 Å². The average molecular weight is 400 g/mol. The molecule has 0 saturated heterocycles. The molecule has 30 heavy (non-hydrogen) atoms. The van der Waals surface area contributed by atoms with Crippen molar-refractivity contribution in [3.63, 3.8) is 0 Å². The van der Waals surface area contributed by atoms with Gasteiger partial charge in [-0.25, -0.2) is 14.8 Å². The van der Waals surface area contributed by atoms with Crippen LogP contribution in [0.4, 0.5) is 5.82 Å². The second-order valence-corrected chi connectivity index (χ2v) is 7.69. The normalized spacial score (nSPS) is 17.1. The molecule has 0 bridgehead atoms. The number of aryl methyl sites for hydroxylation is 1. The van der Waals surface area contributed by atoms with Gasteiger partial charge in [0.1, 0.15) is 12.1 Å². The number of hydrogen-bond donors (Lipinski definition) is 0. The zero-order valence-electron chi connectivity index (χ0n) is 16.9. The number of fused-ring (bicyclic) bond motifs is 4. The lowest BCUT2D eigenvalue weighted by atomic mass is 10.0. The molecule has 2 aliphatic heterocycles. The van der Waals surface area contributed by atoms with Gasteiger partial charge in [0.2, 0.25) is 6.17 Å². The number of aromatic amines is 1. The summed E-state index contributed by atoms with van der Waals surface area (Å²) < 4.78 is 5.36. The number of imide groups is 1. The summed E-state index contributed by atoms with van der Waals surface area (Å²) in [4.78, 5) is 33.7. The lowest BCUT2D eigenvalue weighted by Gasteiger charge is -2.35. The number of carbonyl (C=O) groups excluding carboxylic acids is 2. The van der Waals surface area contributed by atoms with Crippen LogP contribution in [0, 0.1) is 6.92 Å². The van der Waals surface area contributed by atoms with Crippen molar-refractivity contribution < 1.29 is 19.3 Å². The smallest absolute Gasteiger partial charge is 0.290 e. The molecular formula is C24H22N3O3+. The van der Waals surface area contributed by atoms with E-state index in [1.165, 1.54) is 4.90 Å². The van der Waals surface area contributed by atoms with Crippen molar-refractivity contribution in [2.24, 2.45) is 0 Å². The first-order valence-electron chi connectivity index (χ1n) is 9.92. The van der Waals surface area contributed by atoms with E-state index in [0.29, 0.717) is 24.3 Å². The van der Waals surface area contributed by atoms with Crippen molar-refractivity contribution in [1.82, 2.24) is 4.90 Å². The third kappa shape index (κ3) is 2.72. The molecule has 0 aliphatic carbocycles. The first kappa shape index (κ1) is 18.5. The van der Waals surface area contributed by atoms with Crippen molar-refractivity contribution in [3.8, 4) is 0 Å². The number of hydrogen-bond acceptors (Lipinski definition) is 4. The van der Waals surface area contributed by atoms with Crippen LogP contribution in [0.15, 0.2) is 60.7 Å². The quantitative estimate of drug-likeness (QED) is 0.631. The molecule has 3 heterocycles. The molecule has 0 spiro atoms. The maximum Gasteiger partial charge on any atom is 0.290 e. The van der Waals surface area contributed by atoms with E-state index in [9.17, 15) is 9.59 Å². The molecule has 6 nitrogen and oxygen atoms in total. The molecular weight excluding hydrogens is 378 g/mol. The number of nitrogens with zero attached hydrogens (tertiary/aromatic N) is 2. The van der Waals surface area contributed by atoms with Crippen molar-refractivity contribution in [1.29, 1.82) is 0 Å². The Morgan fingerprint density at radius 1 is 1.00 bits per heavy atom. The molecule has 5 rings (SSSR count). The molecule has 2 aromatic carbocycles.